The number of pyridine rings is 1. The Morgan fingerprint density at radius 1 is 0.667 bits per heavy atom. The van der Waals surface area contributed by atoms with Crippen molar-refractivity contribution in [1.29, 1.82) is 0 Å². The summed E-state index contributed by atoms with van der Waals surface area (Å²) in [5.74, 6) is 1.54. The van der Waals surface area contributed by atoms with Crippen LogP contribution in [0.15, 0.2) is 85.2 Å². The highest BCUT2D eigenvalue weighted by molar-refractivity contribution is 6.30. The van der Waals surface area contributed by atoms with E-state index in [4.69, 9.17) is 21.1 Å². The summed E-state index contributed by atoms with van der Waals surface area (Å²) in [6.45, 7) is 0. The van der Waals surface area contributed by atoms with Crippen LogP contribution >= 0.6 is 11.6 Å². The average molecular weight is 378 g/mol. The number of ether oxygens (including phenoxy) is 2. The molecule has 4 rings (SSSR count). The van der Waals surface area contributed by atoms with Gasteiger partial charge < -0.3 is 9.47 Å². The molecule has 0 N–H and O–H groups in total. The number of nitrogens with zero attached hydrogens (tertiary/aromatic N) is 4. The zero-order valence-corrected chi connectivity index (χ0v) is 14.8. The Morgan fingerprint density at radius 3 is 1.74 bits per heavy atom. The molecule has 2 aromatic carbocycles. The van der Waals surface area contributed by atoms with E-state index in [0.717, 1.165) is 0 Å². The molecule has 0 atom stereocenters. The number of para-hydroxylation sites is 2. The molecule has 0 spiro atoms. The van der Waals surface area contributed by atoms with Gasteiger partial charge in [-0.05, 0) is 46.4 Å². The van der Waals surface area contributed by atoms with Crippen LogP contribution in [0.5, 0.6) is 23.5 Å². The molecule has 7 heteroatoms. The summed E-state index contributed by atoms with van der Waals surface area (Å²) in [7, 11) is 0. The van der Waals surface area contributed by atoms with Gasteiger partial charge in [0.25, 0.3) is 0 Å². The highest BCUT2D eigenvalue weighted by Gasteiger charge is 2.21. The first kappa shape index (κ1) is 16.9. The van der Waals surface area contributed by atoms with Gasteiger partial charge >= 0.3 is 18.0 Å². The molecule has 0 saturated heterocycles. The van der Waals surface area contributed by atoms with Crippen molar-refractivity contribution in [3.8, 4) is 29.5 Å². The minimum Gasteiger partial charge on any atom is -0.412 e. The number of benzene rings is 2. The van der Waals surface area contributed by atoms with Gasteiger partial charge in [-0.1, -0.05) is 48.0 Å². The van der Waals surface area contributed by atoms with E-state index in [0.29, 0.717) is 22.5 Å². The van der Waals surface area contributed by atoms with Crippen molar-refractivity contribution in [2.75, 3.05) is 0 Å². The zero-order chi connectivity index (χ0) is 18.5. The van der Waals surface area contributed by atoms with E-state index in [1.807, 2.05) is 60.7 Å². The quantitative estimate of drug-likeness (QED) is 0.483. The van der Waals surface area contributed by atoms with Gasteiger partial charge in [0, 0.05) is 0 Å². The van der Waals surface area contributed by atoms with E-state index in [9.17, 15) is 0 Å². The normalized spacial score (nSPS) is 10.4. The first-order valence-electron chi connectivity index (χ1n) is 8.15. The monoisotopic (exact) mass is 377 g/mol. The summed E-state index contributed by atoms with van der Waals surface area (Å²) < 4.78 is 13.2. The highest BCUT2D eigenvalue weighted by atomic mass is 35.5. The standard InChI is InChI=1S/C20H14ClN4O2/c21-15-8-7-13-25(14-15)18-22-19(26-16-9-3-1-4-10-16)24-20(23-18)27-17-11-5-2-6-12-17/h1-14H/q+1. The van der Waals surface area contributed by atoms with Crippen LogP contribution in [0, 0.1) is 0 Å². The summed E-state index contributed by atoms with van der Waals surface area (Å²) in [6.07, 6.45) is 3.47. The molecule has 0 radical (unpaired) electrons. The van der Waals surface area contributed by atoms with Crippen molar-refractivity contribution in [2.24, 2.45) is 0 Å². The number of halogens is 1. The highest BCUT2D eigenvalue weighted by Crippen LogP contribution is 2.22. The van der Waals surface area contributed by atoms with Crippen molar-refractivity contribution in [2.45, 2.75) is 0 Å². The predicted octanol–water partition coefficient (Wildman–Crippen LogP) is 4.39. The van der Waals surface area contributed by atoms with Crippen LogP contribution in [0.3, 0.4) is 0 Å². The van der Waals surface area contributed by atoms with Crippen molar-refractivity contribution in [3.63, 3.8) is 0 Å². The largest absolute Gasteiger partial charge is 0.447 e. The maximum absolute atomic E-state index is 6.08. The third kappa shape index (κ3) is 4.37. The lowest BCUT2D eigenvalue weighted by molar-refractivity contribution is -0.603. The number of hydrogen-bond acceptors (Lipinski definition) is 5. The number of hydrogen-bond donors (Lipinski definition) is 0. The molecule has 2 heterocycles. The predicted molar refractivity (Wildman–Crippen MR) is 99.4 cm³/mol. The zero-order valence-electron chi connectivity index (χ0n) is 14.1. The smallest absolute Gasteiger partial charge is 0.412 e. The van der Waals surface area contributed by atoms with Gasteiger partial charge in [0.15, 0.2) is 0 Å². The minimum absolute atomic E-state index is 0.115. The van der Waals surface area contributed by atoms with Crippen LogP contribution in [0.4, 0.5) is 0 Å². The molecule has 0 amide bonds. The Labute approximate surface area is 160 Å². The second kappa shape index (κ2) is 7.80. The fraction of sp³-hybridized carbons (Fsp3) is 0. The molecule has 0 aliphatic carbocycles. The summed E-state index contributed by atoms with van der Waals surface area (Å²) in [4.78, 5) is 13.0. The summed E-state index contributed by atoms with van der Waals surface area (Å²) >= 11 is 6.08. The third-order valence-corrected chi connectivity index (χ3v) is 3.71. The first-order valence-corrected chi connectivity index (χ1v) is 8.53. The van der Waals surface area contributed by atoms with Crippen molar-refractivity contribution in [1.82, 2.24) is 15.0 Å². The van der Waals surface area contributed by atoms with Crippen LogP contribution in [-0.2, 0) is 0 Å². The van der Waals surface area contributed by atoms with E-state index in [2.05, 4.69) is 15.0 Å². The van der Waals surface area contributed by atoms with Gasteiger partial charge in [-0.2, -0.15) is 0 Å². The van der Waals surface area contributed by atoms with Crippen molar-refractivity contribution in [3.05, 3.63) is 90.2 Å². The lowest BCUT2D eigenvalue weighted by Gasteiger charge is -2.04. The van der Waals surface area contributed by atoms with Gasteiger partial charge in [0.1, 0.15) is 11.5 Å². The van der Waals surface area contributed by atoms with E-state index in [1.165, 1.54) is 0 Å². The molecule has 2 aromatic heterocycles. The Kier molecular flexibility index (Phi) is 4.89. The molecule has 0 saturated carbocycles. The Balaban J connectivity index is 1.73. The third-order valence-electron chi connectivity index (χ3n) is 3.48. The van der Waals surface area contributed by atoms with Gasteiger partial charge in [-0.15, -0.1) is 4.98 Å². The topological polar surface area (TPSA) is 61.0 Å². The molecular formula is C20H14ClN4O2+. The fourth-order valence-corrected chi connectivity index (χ4v) is 2.47. The summed E-state index contributed by atoms with van der Waals surface area (Å²) in [6, 6.07) is 22.3. The Hall–Kier alpha value is -3.51. The molecule has 0 bridgehead atoms. The van der Waals surface area contributed by atoms with Crippen LogP contribution in [-0.4, -0.2) is 15.0 Å². The molecule has 4 aromatic rings. The molecule has 0 aliphatic rings. The molecule has 27 heavy (non-hydrogen) atoms. The van der Waals surface area contributed by atoms with Crippen LogP contribution in [0.25, 0.3) is 5.95 Å². The number of aromatic nitrogens is 4. The molecule has 0 unspecified atom stereocenters. The number of rotatable bonds is 5. The van der Waals surface area contributed by atoms with Gasteiger partial charge in [-0.3, -0.25) is 0 Å². The fourth-order valence-electron chi connectivity index (χ4n) is 2.29. The Bertz CT molecular complexity index is 986. The van der Waals surface area contributed by atoms with E-state index in [1.54, 1.807) is 29.1 Å². The van der Waals surface area contributed by atoms with Crippen LogP contribution in [0.2, 0.25) is 5.02 Å². The van der Waals surface area contributed by atoms with E-state index >= 15 is 0 Å². The molecule has 132 valence electrons. The average Bonchev–Trinajstić information content (AvgIpc) is 2.69. The van der Waals surface area contributed by atoms with Gasteiger partial charge in [0.05, 0.1) is 17.4 Å². The Morgan fingerprint density at radius 2 is 1.22 bits per heavy atom. The van der Waals surface area contributed by atoms with Crippen LogP contribution in [0.1, 0.15) is 0 Å². The second-order valence-corrected chi connectivity index (χ2v) is 5.90. The summed E-state index contributed by atoms with van der Waals surface area (Å²) in [5.41, 5.74) is 0. The van der Waals surface area contributed by atoms with Crippen LogP contribution < -0.4 is 14.0 Å². The lowest BCUT2D eigenvalue weighted by atomic mass is 10.3. The molecule has 0 fully saturated rings. The SMILES string of the molecule is Clc1ccc[n+](-c2nc(Oc3ccccc3)nc(Oc3ccccc3)n2)c1. The van der Waals surface area contributed by atoms with E-state index < -0.39 is 0 Å². The second-order valence-electron chi connectivity index (χ2n) is 5.46. The molecule has 6 nitrogen and oxygen atoms in total. The van der Waals surface area contributed by atoms with E-state index in [-0.39, 0.29) is 12.0 Å². The molecular weight excluding hydrogens is 364 g/mol. The first-order chi connectivity index (χ1) is 13.3. The summed E-state index contributed by atoms with van der Waals surface area (Å²) in [5, 5.41) is 0.550. The van der Waals surface area contributed by atoms with Gasteiger partial charge in [0.2, 0.25) is 0 Å². The maximum Gasteiger partial charge on any atom is 0.447 e. The lowest BCUT2D eigenvalue weighted by Crippen LogP contribution is -2.32. The minimum atomic E-state index is 0.115. The van der Waals surface area contributed by atoms with Crippen molar-refractivity contribution < 1.29 is 14.0 Å². The van der Waals surface area contributed by atoms with Gasteiger partial charge in [-0.25, -0.2) is 4.57 Å². The molecule has 0 aliphatic heterocycles. The van der Waals surface area contributed by atoms with Crippen molar-refractivity contribution >= 4 is 11.6 Å². The maximum atomic E-state index is 6.08.